The Bertz CT molecular complexity index is 1010. The van der Waals surface area contributed by atoms with Gasteiger partial charge in [-0.25, -0.2) is 4.98 Å². The number of hydrogen-bond acceptors (Lipinski definition) is 5. The molecule has 6 nitrogen and oxygen atoms in total. The lowest BCUT2D eigenvalue weighted by Gasteiger charge is -2.18. The molecule has 0 radical (unpaired) electrons. The molecule has 0 bridgehead atoms. The fourth-order valence-corrected chi connectivity index (χ4v) is 3.41. The lowest BCUT2D eigenvalue weighted by atomic mass is 10.0. The van der Waals surface area contributed by atoms with Crippen LogP contribution >= 0.6 is 15.9 Å². The quantitative estimate of drug-likeness (QED) is 0.479. The first kappa shape index (κ1) is 21.8. The first-order valence-corrected chi connectivity index (χ1v) is 10.4. The van der Waals surface area contributed by atoms with Gasteiger partial charge in [0.1, 0.15) is 0 Å². The number of ether oxygens (including phenoxy) is 1. The lowest BCUT2D eigenvalue weighted by Crippen LogP contribution is -2.30. The Labute approximate surface area is 183 Å². The summed E-state index contributed by atoms with van der Waals surface area (Å²) in [6.45, 7) is 2.02. The Morgan fingerprint density at radius 2 is 1.97 bits per heavy atom. The number of rotatable bonds is 8. The van der Waals surface area contributed by atoms with Crippen molar-refractivity contribution in [1.29, 1.82) is 0 Å². The van der Waals surface area contributed by atoms with Gasteiger partial charge in [-0.05, 0) is 24.6 Å². The monoisotopic (exact) mass is 470 g/mol. The van der Waals surface area contributed by atoms with Crippen LogP contribution in [-0.2, 0) is 20.7 Å². The zero-order chi connectivity index (χ0) is 21.5. The fraction of sp³-hybridized carbons (Fsp3) is 0.261. The van der Waals surface area contributed by atoms with Crippen molar-refractivity contribution in [3.05, 3.63) is 76.2 Å². The molecule has 1 heterocycles. The minimum atomic E-state index is -0.477. The van der Waals surface area contributed by atoms with E-state index in [1.54, 1.807) is 6.20 Å². The van der Waals surface area contributed by atoms with E-state index in [1.165, 1.54) is 12.7 Å². The molecule has 0 aliphatic carbocycles. The Morgan fingerprint density at radius 1 is 1.20 bits per heavy atom. The number of carbonyl (C=O) groups excluding carboxylic acids is 2. The molecule has 0 saturated heterocycles. The summed E-state index contributed by atoms with van der Waals surface area (Å²) >= 11 is 3.42. The summed E-state index contributed by atoms with van der Waals surface area (Å²) in [4.78, 5) is 28.6. The van der Waals surface area contributed by atoms with Gasteiger partial charge < -0.3 is 14.5 Å². The topological polar surface area (TPSA) is 81.4 Å². The van der Waals surface area contributed by atoms with E-state index in [0.717, 1.165) is 15.6 Å². The van der Waals surface area contributed by atoms with E-state index in [0.29, 0.717) is 18.1 Å². The van der Waals surface area contributed by atoms with Crippen molar-refractivity contribution in [2.75, 3.05) is 7.11 Å². The van der Waals surface area contributed by atoms with Crippen LogP contribution in [0.2, 0.25) is 0 Å². The SMILES string of the molecule is COC(=O)CC(NC(=O)CCc1ncc(-c2ccc(C)cc2)o1)c1cccc(Br)c1. The number of aryl methyl sites for hydroxylation is 2. The van der Waals surface area contributed by atoms with Crippen LogP contribution in [0.15, 0.2) is 63.6 Å². The van der Waals surface area contributed by atoms with E-state index in [-0.39, 0.29) is 18.7 Å². The lowest BCUT2D eigenvalue weighted by molar-refractivity contribution is -0.141. The minimum absolute atomic E-state index is 0.0509. The normalized spacial score (nSPS) is 11.7. The summed E-state index contributed by atoms with van der Waals surface area (Å²) in [5.41, 5.74) is 2.93. The number of carbonyl (C=O) groups is 2. The maximum absolute atomic E-state index is 12.5. The van der Waals surface area contributed by atoms with Crippen LogP contribution in [0, 0.1) is 6.92 Å². The molecule has 0 aliphatic heterocycles. The molecule has 1 atom stereocenters. The first-order chi connectivity index (χ1) is 14.4. The van der Waals surface area contributed by atoms with Crippen LogP contribution < -0.4 is 5.32 Å². The first-order valence-electron chi connectivity index (χ1n) is 9.58. The van der Waals surface area contributed by atoms with Gasteiger partial charge in [0.15, 0.2) is 11.7 Å². The van der Waals surface area contributed by atoms with Crippen molar-refractivity contribution >= 4 is 27.8 Å². The van der Waals surface area contributed by atoms with Crippen molar-refractivity contribution in [1.82, 2.24) is 10.3 Å². The van der Waals surface area contributed by atoms with Crippen molar-refractivity contribution < 1.29 is 18.7 Å². The summed E-state index contributed by atoms with van der Waals surface area (Å²) in [5, 5.41) is 2.91. The van der Waals surface area contributed by atoms with E-state index in [1.807, 2.05) is 55.5 Å². The summed E-state index contributed by atoms with van der Waals surface area (Å²) in [7, 11) is 1.33. The van der Waals surface area contributed by atoms with Crippen LogP contribution in [0.1, 0.15) is 35.9 Å². The molecule has 0 spiro atoms. The second-order valence-corrected chi connectivity index (χ2v) is 7.86. The van der Waals surface area contributed by atoms with E-state index in [2.05, 4.69) is 26.2 Å². The predicted octanol–water partition coefficient (Wildman–Crippen LogP) is 4.77. The third-order valence-electron chi connectivity index (χ3n) is 4.64. The van der Waals surface area contributed by atoms with E-state index in [9.17, 15) is 9.59 Å². The molecule has 2 aromatic carbocycles. The summed E-state index contributed by atoms with van der Waals surface area (Å²) < 4.78 is 11.4. The summed E-state index contributed by atoms with van der Waals surface area (Å²) in [6, 6.07) is 15.0. The van der Waals surface area contributed by atoms with Crippen molar-refractivity contribution in [3.8, 4) is 11.3 Å². The highest BCUT2D eigenvalue weighted by Crippen LogP contribution is 2.23. The molecule has 3 rings (SSSR count). The molecule has 3 aromatic rings. The third-order valence-corrected chi connectivity index (χ3v) is 5.13. The highest BCUT2D eigenvalue weighted by Gasteiger charge is 2.19. The smallest absolute Gasteiger partial charge is 0.307 e. The fourth-order valence-electron chi connectivity index (χ4n) is 2.99. The minimum Gasteiger partial charge on any atom is -0.469 e. The van der Waals surface area contributed by atoms with E-state index < -0.39 is 12.0 Å². The maximum atomic E-state index is 12.5. The van der Waals surface area contributed by atoms with Crippen LogP contribution in [0.4, 0.5) is 0 Å². The number of nitrogens with one attached hydrogen (secondary N) is 1. The molecule has 0 saturated carbocycles. The van der Waals surface area contributed by atoms with Crippen molar-refractivity contribution in [2.45, 2.75) is 32.2 Å². The Kier molecular flexibility index (Phi) is 7.41. The predicted molar refractivity (Wildman–Crippen MR) is 117 cm³/mol. The summed E-state index contributed by atoms with van der Waals surface area (Å²) in [5.74, 6) is 0.575. The maximum Gasteiger partial charge on any atom is 0.307 e. The molecule has 0 fully saturated rings. The molecule has 1 N–H and O–H groups in total. The molecule has 1 amide bonds. The van der Waals surface area contributed by atoms with E-state index >= 15 is 0 Å². The number of methoxy groups -OCH3 is 1. The molecular weight excluding hydrogens is 448 g/mol. The Morgan fingerprint density at radius 3 is 2.67 bits per heavy atom. The van der Waals surface area contributed by atoms with Crippen LogP contribution in [0.5, 0.6) is 0 Å². The highest BCUT2D eigenvalue weighted by molar-refractivity contribution is 9.10. The molecular formula is C23H23BrN2O4. The zero-order valence-electron chi connectivity index (χ0n) is 16.9. The number of halogens is 1. The van der Waals surface area contributed by atoms with Crippen LogP contribution in [0.3, 0.4) is 0 Å². The number of nitrogens with zero attached hydrogens (tertiary/aromatic N) is 1. The second kappa shape index (κ2) is 10.2. The van der Waals surface area contributed by atoms with Gasteiger partial charge in [0.25, 0.3) is 0 Å². The van der Waals surface area contributed by atoms with Gasteiger partial charge in [-0.1, -0.05) is 57.9 Å². The van der Waals surface area contributed by atoms with Gasteiger partial charge in [0.2, 0.25) is 5.91 Å². The average Bonchev–Trinajstić information content (AvgIpc) is 3.21. The number of oxazole rings is 1. The van der Waals surface area contributed by atoms with Gasteiger partial charge in [-0.3, -0.25) is 9.59 Å². The van der Waals surface area contributed by atoms with Gasteiger partial charge in [0, 0.05) is 22.9 Å². The second-order valence-electron chi connectivity index (χ2n) is 6.94. The van der Waals surface area contributed by atoms with Gasteiger partial charge in [0.05, 0.1) is 25.8 Å². The number of hydrogen-bond donors (Lipinski definition) is 1. The zero-order valence-corrected chi connectivity index (χ0v) is 18.4. The standard InChI is InChI=1S/C23H23BrN2O4/c1-15-6-8-16(9-7-15)20-14-25-22(30-20)11-10-21(27)26-19(13-23(28)29-2)17-4-3-5-18(24)12-17/h3-9,12,14,19H,10-11,13H2,1-2H3,(H,26,27). The van der Waals surface area contributed by atoms with Gasteiger partial charge >= 0.3 is 5.97 Å². The molecule has 30 heavy (non-hydrogen) atoms. The van der Waals surface area contributed by atoms with Crippen molar-refractivity contribution in [2.24, 2.45) is 0 Å². The van der Waals surface area contributed by atoms with E-state index in [4.69, 9.17) is 9.15 Å². The average molecular weight is 471 g/mol. The summed E-state index contributed by atoms with van der Waals surface area (Å²) in [6.07, 6.45) is 2.27. The van der Waals surface area contributed by atoms with Crippen LogP contribution in [-0.4, -0.2) is 24.0 Å². The molecule has 0 aliphatic rings. The Balaban J connectivity index is 1.61. The van der Waals surface area contributed by atoms with Gasteiger partial charge in [-0.2, -0.15) is 0 Å². The van der Waals surface area contributed by atoms with Crippen LogP contribution in [0.25, 0.3) is 11.3 Å². The third kappa shape index (κ3) is 6.03. The number of aromatic nitrogens is 1. The number of amides is 1. The largest absolute Gasteiger partial charge is 0.469 e. The molecule has 1 unspecified atom stereocenters. The van der Waals surface area contributed by atoms with Crippen molar-refractivity contribution in [3.63, 3.8) is 0 Å². The highest BCUT2D eigenvalue weighted by atomic mass is 79.9. The number of benzene rings is 2. The molecule has 7 heteroatoms. The Hall–Kier alpha value is -2.93. The van der Waals surface area contributed by atoms with Gasteiger partial charge in [-0.15, -0.1) is 0 Å². The number of esters is 1. The molecule has 156 valence electrons. The molecule has 1 aromatic heterocycles.